The number of hydrogen-bond acceptors (Lipinski definition) is 4. The van der Waals surface area contributed by atoms with E-state index in [9.17, 15) is 10.1 Å². The molecule has 5 heteroatoms. The highest BCUT2D eigenvalue weighted by Gasteiger charge is 2.12. The average molecular weight is 358 g/mol. The summed E-state index contributed by atoms with van der Waals surface area (Å²) in [5, 5.41) is 14.2. The fraction of sp³-hybridized carbons (Fsp3) is 0.0909. The summed E-state index contributed by atoms with van der Waals surface area (Å²) >= 11 is 0. The van der Waals surface area contributed by atoms with Crippen LogP contribution in [0.2, 0.25) is 0 Å². The monoisotopic (exact) mass is 358 g/mol. The van der Waals surface area contributed by atoms with Crippen molar-refractivity contribution in [3.05, 3.63) is 71.8 Å². The van der Waals surface area contributed by atoms with E-state index < -0.39 is 5.91 Å². The predicted octanol–water partition coefficient (Wildman–Crippen LogP) is 4.40. The number of methoxy groups -OCH3 is 2. The maximum Gasteiger partial charge on any atom is 0.266 e. The first-order valence-corrected chi connectivity index (χ1v) is 8.28. The second-order valence-electron chi connectivity index (χ2n) is 5.80. The maximum absolute atomic E-state index is 12.6. The Morgan fingerprint density at radius 3 is 2.33 bits per heavy atom. The van der Waals surface area contributed by atoms with Crippen LogP contribution in [0.25, 0.3) is 16.8 Å². The second kappa shape index (κ2) is 8.07. The summed E-state index contributed by atoms with van der Waals surface area (Å²) < 4.78 is 10.4. The number of carbonyl (C=O) groups excluding carboxylic acids is 1. The largest absolute Gasteiger partial charge is 0.497 e. The summed E-state index contributed by atoms with van der Waals surface area (Å²) in [5.74, 6) is 0.676. The first-order valence-electron chi connectivity index (χ1n) is 8.28. The van der Waals surface area contributed by atoms with Crippen LogP contribution < -0.4 is 14.8 Å². The van der Waals surface area contributed by atoms with Crippen molar-refractivity contribution < 1.29 is 14.3 Å². The summed E-state index contributed by atoms with van der Waals surface area (Å²) in [6.07, 6.45) is 1.51. The van der Waals surface area contributed by atoms with Gasteiger partial charge in [-0.3, -0.25) is 4.79 Å². The fourth-order valence-corrected chi connectivity index (χ4v) is 2.75. The normalized spacial score (nSPS) is 10.9. The molecule has 5 nitrogen and oxygen atoms in total. The van der Waals surface area contributed by atoms with Crippen molar-refractivity contribution in [2.75, 3.05) is 19.5 Å². The van der Waals surface area contributed by atoms with Crippen molar-refractivity contribution in [1.82, 2.24) is 0 Å². The van der Waals surface area contributed by atoms with Gasteiger partial charge in [0.2, 0.25) is 0 Å². The number of carbonyl (C=O) groups is 1. The van der Waals surface area contributed by atoms with E-state index >= 15 is 0 Å². The number of amides is 1. The van der Waals surface area contributed by atoms with E-state index in [0.717, 1.165) is 10.8 Å². The summed E-state index contributed by atoms with van der Waals surface area (Å²) in [6, 6.07) is 20.5. The third-order valence-electron chi connectivity index (χ3n) is 4.09. The molecule has 27 heavy (non-hydrogen) atoms. The number of ether oxygens (including phenoxy) is 2. The smallest absolute Gasteiger partial charge is 0.266 e. The van der Waals surface area contributed by atoms with Gasteiger partial charge >= 0.3 is 0 Å². The quantitative estimate of drug-likeness (QED) is 0.542. The van der Waals surface area contributed by atoms with Gasteiger partial charge < -0.3 is 14.8 Å². The summed E-state index contributed by atoms with van der Waals surface area (Å²) in [7, 11) is 3.08. The molecule has 0 spiro atoms. The molecule has 0 aromatic heterocycles. The number of rotatable bonds is 5. The third-order valence-corrected chi connectivity index (χ3v) is 4.09. The number of fused-ring (bicyclic) bond motifs is 1. The zero-order valence-corrected chi connectivity index (χ0v) is 15.0. The number of anilines is 1. The molecule has 0 saturated heterocycles. The van der Waals surface area contributed by atoms with Gasteiger partial charge in [0.1, 0.15) is 23.1 Å². The van der Waals surface area contributed by atoms with E-state index in [2.05, 4.69) is 5.32 Å². The van der Waals surface area contributed by atoms with E-state index in [1.54, 1.807) is 32.4 Å². The zero-order chi connectivity index (χ0) is 19.2. The van der Waals surface area contributed by atoms with Crippen LogP contribution in [0.5, 0.6) is 11.5 Å². The van der Waals surface area contributed by atoms with Crippen LogP contribution in [0.4, 0.5) is 5.69 Å². The molecular weight excluding hydrogens is 340 g/mol. The van der Waals surface area contributed by atoms with Crippen molar-refractivity contribution in [3.8, 4) is 17.6 Å². The molecule has 0 atom stereocenters. The Morgan fingerprint density at radius 2 is 1.67 bits per heavy atom. The lowest BCUT2D eigenvalue weighted by atomic mass is 10.1. The van der Waals surface area contributed by atoms with E-state index in [1.807, 2.05) is 48.5 Å². The molecule has 3 aromatic carbocycles. The van der Waals surface area contributed by atoms with Crippen LogP contribution in [0.15, 0.2) is 66.2 Å². The molecule has 0 heterocycles. The fourth-order valence-electron chi connectivity index (χ4n) is 2.75. The topological polar surface area (TPSA) is 71.3 Å². The molecule has 3 rings (SSSR count). The van der Waals surface area contributed by atoms with Crippen molar-refractivity contribution in [1.29, 1.82) is 5.26 Å². The first kappa shape index (κ1) is 18.0. The standard InChI is InChI=1S/C22H18N2O3/c1-26-18-11-15(12-19(13-18)27-2)10-17(14-23)22(25)24-21-9-5-7-16-6-3-4-8-20(16)21/h3-13H,1-2H3,(H,24,25)/b17-10+. The lowest BCUT2D eigenvalue weighted by Gasteiger charge is -2.09. The van der Waals surface area contributed by atoms with Gasteiger partial charge in [-0.15, -0.1) is 0 Å². The lowest BCUT2D eigenvalue weighted by molar-refractivity contribution is -0.112. The van der Waals surface area contributed by atoms with Gasteiger partial charge in [-0.05, 0) is 35.2 Å². The number of nitriles is 1. The second-order valence-corrected chi connectivity index (χ2v) is 5.80. The van der Waals surface area contributed by atoms with Crippen molar-refractivity contribution >= 4 is 28.4 Å². The SMILES string of the molecule is COc1cc(/C=C(\C#N)C(=O)Nc2cccc3ccccc23)cc(OC)c1. The number of hydrogen-bond donors (Lipinski definition) is 1. The number of benzene rings is 3. The molecule has 3 aromatic rings. The Labute approximate surface area is 157 Å². The van der Waals surface area contributed by atoms with Gasteiger partial charge in [0.15, 0.2) is 0 Å². The highest BCUT2D eigenvalue weighted by atomic mass is 16.5. The molecule has 0 aliphatic carbocycles. The summed E-state index contributed by atoms with van der Waals surface area (Å²) in [6.45, 7) is 0. The molecule has 0 aliphatic heterocycles. The molecule has 0 saturated carbocycles. The minimum Gasteiger partial charge on any atom is -0.497 e. The third kappa shape index (κ3) is 4.07. The van der Waals surface area contributed by atoms with Crippen molar-refractivity contribution in [2.24, 2.45) is 0 Å². The molecule has 0 radical (unpaired) electrons. The van der Waals surface area contributed by atoms with Gasteiger partial charge in [0, 0.05) is 17.1 Å². The molecule has 0 unspecified atom stereocenters. The molecule has 1 N–H and O–H groups in total. The van der Waals surface area contributed by atoms with Crippen LogP contribution in [0.3, 0.4) is 0 Å². The van der Waals surface area contributed by atoms with Gasteiger partial charge in [-0.1, -0.05) is 36.4 Å². The van der Waals surface area contributed by atoms with Crippen LogP contribution >= 0.6 is 0 Å². The summed E-state index contributed by atoms with van der Waals surface area (Å²) in [5.41, 5.74) is 1.27. The minimum atomic E-state index is -0.476. The number of nitrogens with zero attached hydrogens (tertiary/aromatic N) is 1. The Bertz CT molecular complexity index is 1040. The molecular formula is C22H18N2O3. The van der Waals surface area contributed by atoms with E-state index in [1.165, 1.54) is 6.08 Å². The van der Waals surface area contributed by atoms with Crippen LogP contribution in [0, 0.1) is 11.3 Å². The van der Waals surface area contributed by atoms with Crippen molar-refractivity contribution in [3.63, 3.8) is 0 Å². The summed E-state index contributed by atoms with van der Waals surface area (Å²) in [4.78, 5) is 12.6. The van der Waals surface area contributed by atoms with Crippen LogP contribution in [0.1, 0.15) is 5.56 Å². The maximum atomic E-state index is 12.6. The Hall–Kier alpha value is -3.78. The minimum absolute atomic E-state index is 0.0155. The van der Waals surface area contributed by atoms with Crippen LogP contribution in [-0.4, -0.2) is 20.1 Å². The molecule has 0 fully saturated rings. The highest BCUT2D eigenvalue weighted by molar-refractivity contribution is 6.12. The molecule has 0 bridgehead atoms. The van der Waals surface area contributed by atoms with Gasteiger partial charge in [-0.25, -0.2) is 0 Å². The Kier molecular flexibility index (Phi) is 5.38. The molecule has 0 aliphatic rings. The van der Waals surface area contributed by atoms with E-state index in [0.29, 0.717) is 22.7 Å². The van der Waals surface area contributed by atoms with Gasteiger partial charge in [0.25, 0.3) is 5.91 Å². The average Bonchev–Trinajstić information content (AvgIpc) is 2.71. The van der Waals surface area contributed by atoms with E-state index in [4.69, 9.17) is 9.47 Å². The lowest BCUT2D eigenvalue weighted by Crippen LogP contribution is -2.13. The molecule has 134 valence electrons. The van der Waals surface area contributed by atoms with Crippen molar-refractivity contribution in [2.45, 2.75) is 0 Å². The predicted molar refractivity (Wildman–Crippen MR) is 106 cm³/mol. The van der Waals surface area contributed by atoms with E-state index in [-0.39, 0.29) is 5.57 Å². The van der Waals surface area contributed by atoms with Gasteiger partial charge in [-0.2, -0.15) is 5.26 Å². The van der Waals surface area contributed by atoms with Gasteiger partial charge in [0.05, 0.1) is 14.2 Å². The highest BCUT2D eigenvalue weighted by Crippen LogP contribution is 2.26. The zero-order valence-electron chi connectivity index (χ0n) is 15.0. The first-order chi connectivity index (χ1) is 13.1. The molecule has 1 amide bonds. The Balaban J connectivity index is 1.92. The Morgan fingerprint density at radius 1 is 1.00 bits per heavy atom. The van der Waals surface area contributed by atoms with Crippen LogP contribution in [-0.2, 0) is 4.79 Å². The number of nitrogens with one attached hydrogen (secondary N) is 1.